The minimum absolute atomic E-state index is 0.212. The molecular weight excluding hydrogens is 210 g/mol. The molecule has 0 saturated carbocycles. The lowest BCUT2D eigenvalue weighted by Crippen LogP contribution is -2.28. The average Bonchev–Trinajstić information content (AvgIpc) is 2.26. The van der Waals surface area contributed by atoms with Gasteiger partial charge in [0.1, 0.15) is 0 Å². The molecule has 0 aromatic heterocycles. The van der Waals surface area contributed by atoms with Gasteiger partial charge in [0.05, 0.1) is 13.0 Å². The second-order valence-electron chi connectivity index (χ2n) is 2.97. The third-order valence-electron chi connectivity index (χ3n) is 1.84. The Morgan fingerprint density at radius 3 is 2.12 bits per heavy atom. The van der Waals surface area contributed by atoms with Gasteiger partial charge in [-0.1, -0.05) is 0 Å². The highest BCUT2D eigenvalue weighted by Gasteiger charge is 2.29. The van der Waals surface area contributed by atoms with E-state index in [1.807, 2.05) is 13.8 Å². The summed E-state index contributed by atoms with van der Waals surface area (Å²) >= 11 is 0. The first-order valence-electron chi connectivity index (χ1n) is 5.45. The molecule has 0 rings (SSSR count). The summed E-state index contributed by atoms with van der Waals surface area (Å²) in [6.07, 6.45) is -0.303. The van der Waals surface area contributed by atoms with Crippen molar-refractivity contribution in [3.63, 3.8) is 0 Å². The number of carbonyl (C=O) groups excluding carboxylic acids is 1. The molecule has 0 aromatic carbocycles. The predicted molar refractivity (Wildman–Crippen MR) is 58.7 cm³/mol. The first-order valence-corrected chi connectivity index (χ1v) is 5.45. The highest BCUT2D eigenvalue weighted by atomic mass is 16.7. The lowest BCUT2D eigenvalue weighted by molar-refractivity contribution is -0.156. The Balaban J connectivity index is 4.25. The molecule has 0 aromatic rings. The monoisotopic (exact) mass is 229 g/mol. The molecule has 1 unspecified atom stereocenters. The molecule has 0 fully saturated rings. The van der Waals surface area contributed by atoms with Gasteiger partial charge in [-0.25, -0.2) is 11.4 Å². The lowest BCUT2D eigenvalue weighted by atomic mass is 10.2. The molecular formula is C11H19NO4. The van der Waals surface area contributed by atoms with Crippen LogP contribution < -0.4 is 0 Å². The maximum Gasteiger partial charge on any atom is 0.390 e. The smallest absolute Gasteiger partial charge is 0.390 e. The van der Waals surface area contributed by atoms with Gasteiger partial charge in [0, 0.05) is 13.2 Å². The second kappa shape index (κ2) is 9.13. The van der Waals surface area contributed by atoms with Crippen LogP contribution in [0.15, 0.2) is 0 Å². The summed E-state index contributed by atoms with van der Waals surface area (Å²) in [5, 5.41) is 0. The van der Waals surface area contributed by atoms with Crippen molar-refractivity contribution in [2.45, 2.75) is 39.5 Å². The van der Waals surface area contributed by atoms with Crippen molar-refractivity contribution in [1.82, 2.24) is 0 Å². The number of carbonyl (C=O) groups is 1. The standard InChI is InChI=1S/C11H19NO4/c1-5-14-10(15-6-2)8-9(12-4)11(13)16-7-3/h9-10H,5-8H2,1-3H3. The lowest BCUT2D eigenvalue weighted by Gasteiger charge is -2.16. The summed E-state index contributed by atoms with van der Waals surface area (Å²) in [4.78, 5) is 14.6. The van der Waals surface area contributed by atoms with E-state index in [-0.39, 0.29) is 13.0 Å². The van der Waals surface area contributed by atoms with Gasteiger partial charge in [0.15, 0.2) is 6.29 Å². The van der Waals surface area contributed by atoms with E-state index in [1.54, 1.807) is 6.92 Å². The number of nitrogens with zero attached hydrogens (tertiary/aromatic N) is 1. The predicted octanol–water partition coefficient (Wildman–Crippen LogP) is 1.63. The molecule has 0 amide bonds. The molecule has 1 atom stereocenters. The Kier molecular flexibility index (Phi) is 8.49. The van der Waals surface area contributed by atoms with E-state index in [2.05, 4.69) is 4.85 Å². The van der Waals surface area contributed by atoms with Crippen LogP contribution in [0.1, 0.15) is 27.2 Å². The first-order chi connectivity index (χ1) is 7.69. The fraction of sp³-hybridized carbons (Fsp3) is 0.818. The Hall–Kier alpha value is -1.12. The van der Waals surface area contributed by atoms with Gasteiger partial charge in [0.25, 0.3) is 0 Å². The molecule has 0 aliphatic heterocycles. The SMILES string of the molecule is [C-]#[N+]C(CC(OCC)OCC)C(=O)OCC. The van der Waals surface area contributed by atoms with Gasteiger partial charge in [-0.2, -0.15) is 0 Å². The summed E-state index contributed by atoms with van der Waals surface area (Å²) < 4.78 is 15.3. The fourth-order valence-electron chi connectivity index (χ4n) is 1.18. The normalized spacial score (nSPS) is 12.2. The molecule has 5 nitrogen and oxygen atoms in total. The molecule has 0 saturated heterocycles. The van der Waals surface area contributed by atoms with Crippen molar-refractivity contribution in [1.29, 1.82) is 0 Å². The van der Waals surface area contributed by atoms with Gasteiger partial charge >= 0.3 is 12.0 Å². The van der Waals surface area contributed by atoms with E-state index < -0.39 is 18.3 Å². The zero-order valence-corrected chi connectivity index (χ0v) is 10.1. The summed E-state index contributed by atoms with van der Waals surface area (Å²) in [5.41, 5.74) is 0. The molecule has 92 valence electrons. The van der Waals surface area contributed by atoms with Crippen molar-refractivity contribution in [2.24, 2.45) is 0 Å². The Labute approximate surface area is 96.5 Å². The van der Waals surface area contributed by atoms with E-state index in [1.165, 1.54) is 0 Å². The van der Waals surface area contributed by atoms with E-state index >= 15 is 0 Å². The maximum absolute atomic E-state index is 11.4. The topological polar surface area (TPSA) is 49.1 Å². The van der Waals surface area contributed by atoms with Crippen LogP contribution in [0.4, 0.5) is 0 Å². The summed E-state index contributed by atoms with van der Waals surface area (Å²) in [6, 6.07) is -0.844. The molecule has 0 bridgehead atoms. The van der Waals surface area contributed by atoms with Gasteiger partial charge in [-0.05, 0) is 20.8 Å². The van der Waals surface area contributed by atoms with Crippen molar-refractivity contribution in [2.75, 3.05) is 19.8 Å². The number of rotatable bonds is 8. The van der Waals surface area contributed by atoms with Crippen LogP contribution in [0.25, 0.3) is 4.85 Å². The van der Waals surface area contributed by atoms with E-state index in [0.717, 1.165) is 0 Å². The number of hydrogen-bond acceptors (Lipinski definition) is 4. The number of ether oxygens (including phenoxy) is 3. The first kappa shape index (κ1) is 14.9. The molecule has 0 heterocycles. The second-order valence-corrected chi connectivity index (χ2v) is 2.97. The molecule has 0 spiro atoms. The largest absolute Gasteiger partial charge is 0.460 e. The molecule has 5 heteroatoms. The van der Waals surface area contributed by atoms with Gasteiger partial charge in [-0.15, -0.1) is 0 Å². The Bertz CT molecular complexity index is 231. The molecule has 0 N–H and O–H groups in total. The summed E-state index contributed by atoms with van der Waals surface area (Å²) in [5.74, 6) is -0.512. The molecule has 0 aliphatic rings. The van der Waals surface area contributed by atoms with Crippen LogP contribution in [0.5, 0.6) is 0 Å². The third kappa shape index (κ3) is 5.69. The highest BCUT2D eigenvalue weighted by molar-refractivity contribution is 5.77. The molecule has 16 heavy (non-hydrogen) atoms. The number of hydrogen-bond donors (Lipinski definition) is 0. The van der Waals surface area contributed by atoms with Crippen molar-refractivity contribution in [3.8, 4) is 0 Å². The van der Waals surface area contributed by atoms with Crippen LogP contribution >= 0.6 is 0 Å². The van der Waals surface area contributed by atoms with Crippen LogP contribution in [-0.4, -0.2) is 38.1 Å². The van der Waals surface area contributed by atoms with E-state index in [9.17, 15) is 4.79 Å². The van der Waals surface area contributed by atoms with Crippen LogP contribution in [0.2, 0.25) is 0 Å². The fourth-order valence-corrected chi connectivity index (χ4v) is 1.18. The third-order valence-corrected chi connectivity index (χ3v) is 1.84. The quantitative estimate of drug-likeness (QED) is 0.360. The van der Waals surface area contributed by atoms with Crippen molar-refractivity contribution >= 4 is 5.97 Å². The van der Waals surface area contributed by atoms with Crippen molar-refractivity contribution in [3.05, 3.63) is 11.4 Å². The van der Waals surface area contributed by atoms with Gasteiger partial charge in [-0.3, -0.25) is 0 Å². The average molecular weight is 229 g/mol. The molecule has 0 radical (unpaired) electrons. The highest BCUT2D eigenvalue weighted by Crippen LogP contribution is 2.10. The number of esters is 1. The van der Waals surface area contributed by atoms with Crippen LogP contribution in [0.3, 0.4) is 0 Å². The Morgan fingerprint density at radius 1 is 1.19 bits per heavy atom. The zero-order chi connectivity index (χ0) is 12.4. The van der Waals surface area contributed by atoms with Gasteiger partial charge < -0.3 is 19.1 Å². The molecule has 0 aliphatic carbocycles. The zero-order valence-electron chi connectivity index (χ0n) is 10.1. The van der Waals surface area contributed by atoms with Crippen LogP contribution in [-0.2, 0) is 19.0 Å². The van der Waals surface area contributed by atoms with Crippen LogP contribution in [0, 0.1) is 6.57 Å². The minimum Gasteiger partial charge on any atom is -0.460 e. The van der Waals surface area contributed by atoms with Crippen molar-refractivity contribution < 1.29 is 19.0 Å². The summed E-state index contributed by atoms with van der Waals surface area (Å²) in [7, 11) is 0. The van der Waals surface area contributed by atoms with E-state index in [4.69, 9.17) is 20.8 Å². The summed E-state index contributed by atoms with van der Waals surface area (Å²) in [6.45, 7) is 13.6. The minimum atomic E-state index is -0.844. The van der Waals surface area contributed by atoms with Gasteiger partial charge in [0.2, 0.25) is 0 Å². The van der Waals surface area contributed by atoms with E-state index in [0.29, 0.717) is 13.2 Å². The maximum atomic E-state index is 11.4. The Morgan fingerprint density at radius 2 is 1.75 bits per heavy atom.